The van der Waals surface area contributed by atoms with E-state index >= 15 is 0 Å². The Labute approximate surface area is 135 Å². The molecule has 2 N–H and O–H groups in total. The summed E-state index contributed by atoms with van der Waals surface area (Å²) in [5.41, 5.74) is 1.27. The normalized spacial score (nSPS) is 17.5. The summed E-state index contributed by atoms with van der Waals surface area (Å²) in [4.78, 5) is 16.3. The van der Waals surface area contributed by atoms with Crippen molar-refractivity contribution >= 4 is 34.8 Å². The van der Waals surface area contributed by atoms with Crippen LogP contribution in [0.15, 0.2) is 6.07 Å². The SMILES string of the molecule is CNC1(CC(=O)Nc2c(C)cc(Cl)nc2Cl)CCCCC1. The van der Waals surface area contributed by atoms with E-state index in [1.54, 1.807) is 6.07 Å². The zero-order valence-electron chi connectivity index (χ0n) is 12.4. The summed E-state index contributed by atoms with van der Waals surface area (Å²) in [5.74, 6) is -0.0413. The zero-order chi connectivity index (χ0) is 15.5. The van der Waals surface area contributed by atoms with Crippen molar-refractivity contribution in [1.29, 1.82) is 0 Å². The lowest BCUT2D eigenvalue weighted by molar-refractivity contribution is -0.117. The smallest absolute Gasteiger partial charge is 0.226 e. The van der Waals surface area contributed by atoms with E-state index in [0.29, 0.717) is 17.3 Å². The predicted molar refractivity (Wildman–Crippen MR) is 87.1 cm³/mol. The van der Waals surface area contributed by atoms with Crippen molar-refractivity contribution in [2.75, 3.05) is 12.4 Å². The maximum atomic E-state index is 12.4. The van der Waals surface area contributed by atoms with Crippen LogP contribution in [0.3, 0.4) is 0 Å². The summed E-state index contributed by atoms with van der Waals surface area (Å²) in [6, 6.07) is 1.69. The molecular formula is C15H21Cl2N3O. The molecule has 0 bridgehead atoms. The molecule has 6 heteroatoms. The lowest BCUT2D eigenvalue weighted by atomic mass is 9.79. The Kier molecular flexibility index (Phi) is 5.47. The summed E-state index contributed by atoms with van der Waals surface area (Å²) in [5, 5.41) is 6.78. The number of aromatic nitrogens is 1. The molecule has 0 radical (unpaired) electrons. The fourth-order valence-electron chi connectivity index (χ4n) is 2.98. The molecule has 1 aromatic rings. The molecule has 1 saturated carbocycles. The first-order valence-electron chi connectivity index (χ1n) is 7.27. The van der Waals surface area contributed by atoms with Gasteiger partial charge in [-0.05, 0) is 38.4 Å². The highest BCUT2D eigenvalue weighted by atomic mass is 35.5. The van der Waals surface area contributed by atoms with Gasteiger partial charge in [0.25, 0.3) is 0 Å². The Morgan fingerprint density at radius 3 is 2.57 bits per heavy atom. The van der Waals surface area contributed by atoms with E-state index < -0.39 is 0 Å². The van der Waals surface area contributed by atoms with Gasteiger partial charge in [0, 0.05) is 12.0 Å². The average Bonchev–Trinajstić information content (AvgIpc) is 2.44. The molecule has 0 aliphatic heterocycles. The molecule has 1 aromatic heterocycles. The number of aryl methyl sites for hydroxylation is 1. The molecule has 4 nitrogen and oxygen atoms in total. The highest BCUT2D eigenvalue weighted by Crippen LogP contribution is 2.32. The minimum atomic E-state index is -0.0947. The highest BCUT2D eigenvalue weighted by molar-refractivity contribution is 6.34. The van der Waals surface area contributed by atoms with E-state index in [9.17, 15) is 4.79 Å². The third-order valence-corrected chi connectivity index (χ3v) is 4.71. The molecule has 0 saturated heterocycles. The first-order chi connectivity index (χ1) is 9.96. The average molecular weight is 330 g/mol. The minimum absolute atomic E-state index is 0.0413. The second-order valence-electron chi connectivity index (χ2n) is 5.74. The van der Waals surface area contributed by atoms with E-state index in [0.717, 1.165) is 31.2 Å². The Bertz CT molecular complexity index is 505. The minimum Gasteiger partial charge on any atom is -0.323 e. The molecule has 0 spiro atoms. The predicted octanol–water partition coefficient (Wildman–Crippen LogP) is 3.95. The number of halogens is 2. The van der Waals surface area contributed by atoms with Crippen LogP contribution < -0.4 is 10.6 Å². The topological polar surface area (TPSA) is 54.0 Å². The molecule has 1 amide bonds. The van der Waals surface area contributed by atoms with Crippen LogP contribution in [0.25, 0.3) is 0 Å². The molecule has 1 fully saturated rings. The van der Waals surface area contributed by atoms with Gasteiger partial charge in [-0.15, -0.1) is 0 Å². The number of nitrogens with one attached hydrogen (secondary N) is 2. The highest BCUT2D eigenvalue weighted by Gasteiger charge is 2.32. The van der Waals surface area contributed by atoms with Crippen molar-refractivity contribution in [3.63, 3.8) is 0 Å². The van der Waals surface area contributed by atoms with Gasteiger partial charge in [-0.2, -0.15) is 0 Å². The Hall–Kier alpha value is -0.840. The van der Waals surface area contributed by atoms with Crippen molar-refractivity contribution in [2.45, 2.75) is 51.0 Å². The van der Waals surface area contributed by atoms with Crippen LogP contribution in [-0.4, -0.2) is 23.5 Å². The van der Waals surface area contributed by atoms with E-state index in [4.69, 9.17) is 23.2 Å². The van der Waals surface area contributed by atoms with Gasteiger partial charge < -0.3 is 10.6 Å². The van der Waals surface area contributed by atoms with E-state index in [2.05, 4.69) is 15.6 Å². The first-order valence-corrected chi connectivity index (χ1v) is 8.03. The molecule has 1 aliphatic carbocycles. The lowest BCUT2D eigenvalue weighted by Gasteiger charge is -2.36. The van der Waals surface area contributed by atoms with Crippen LogP contribution in [0, 0.1) is 6.92 Å². The molecule has 1 heterocycles. The molecule has 0 aromatic carbocycles. The van der Waals surface area contributed by atoms with Crippen molar-refractivity contribution in [3.05, 3.63) is 21.9 Å². The van der Waals surface area contributed by atoms with Crippen LogP contribution >= 0.6 is 23.2 Å². The summed E-state index contributed by atoms with van der Waals surface area (Å²) < 4.78 is 0. The van der Waals surface area contributed by atoms with Gasteiger partial charge in [0.05, 0.1) is 5.69 Å². The van der Waals surface area contributed by atoms with Crippen LogP contribution in [0.1, 0.15) is 44.1 Å². The van der Waals surface area contributed by atoms with Crippen LogP contribution in [0.4, 0.5) is 5.69 Å². The number of carbonyl (C=O) groups excluding carboxylic acids is 1. The summed E-state index contributed by atoms with van der Waals surface area (Å²) in [6.45, 7) is 1.85. The second kappa shape index (κ2) is 6.95. The van der Waals surface area contributed by atoms with Gasteiger partial charge in [0.15, 0.2) is 5.15 Å². The Morgan fingerprint density at radius 1 is 1.33 bits per heavy atom. The number of nitrogens with zero attached hydrogens (tertiary/aromatic N) is 1. The van der Waals surface area contributed by atoms with Gasteiger partial charge >= 0.3 is 0 Å². The van der Waals surface area contributed by atoms with E-state index in [1.165, 1.54) is 6.42 Å². The van der Waals surface area contributed by atoms with Crippen LogP contribution in [-0.2, 0) is 4.79 Å². The number of rotatable bonds is 4. The Balaban J connectivity index is 2.08. The third-order valence-electron chi connectivity index (χ3n) is 4.25. The number of pyridine rings is 1. The van der Waals surface area contributed by atoms with Gasteiger partial charge in [0.2, 0.25) is 5.91 Å². The number of hydrogen-bond acceptors (Lipinski definition) is 3. The molecule has 0 atom stereocenters. The summed E-state index contributed by atoms with van der Waals surface area (Å²) in [6.07, 6.45) is 6.08. The van der Waals surface area contributed by atoms with E-state index in [1.807, 2.05) is 14.0 Å². The summed E-state index contributed by atoms with van der Waals surface area (Å²) >= 11 is 11.9. The fraction of sp³-hybridized carbons (Fsp3) is 0.600. The standard InChI is InChI=1S/C15H21Cl2N3O/c1-10-8-11(16)19-14(17)13(10)20-12(21)9-15(18-2)6-4-3-5-7-15/h8,18H,3-7,9H2,1-2H3,(H,20,21). The summed E-state index contributed by atoms with van der Waals surface area (Å²) in [7, 11) is 1.93. The largest absolute Gasteiger partial charge is 0.323 e. The molecule has 0 unspecified atom stereocenters. The third kappa shape index (κ3) is 4.09. The first kappa shape index (κ1) is 16.5. The van der Waals surface area contributed by atoms with Gasteiger partial charge in [-0.1, -0.05) is 42.5 Å². The van der Waals surface area contributed by atoms with E-state index in [-0.39, 0.29) is 16.6 Å². The second-order valence-corrected chi connectivity index (χ2v) is 6.49. The molecular weight excluding hydrogens is 309 g/mol. The number of carbonyl (C=O) groups is 1. The fourth-order valence-corrected chi connectivity index (χ4v) is 3.56. The van der Waals surface area contributed by atoms with Crippen molar-refractivity contribution in [1.82, 2.24) is 10.3 Å². The van der Waals surface area contributed by atoms with Crippen LogP contribution in [0.5, 0.6) is 0 Å². The molecule has 2 rings (SSSR count). The number of anilines is 1. The molecule has 1 aliphatic rings. The van der Waals surface area contributed by atoms with Gasteiger partial charge in [-0.3, -0.25) is 4.79 Å². The monoisotopic (exact) mass is 329 g/mol. The Morgan fingerprint density at radius 2 is 2.00 bits per heavy atom. The van der Waals surface area contributed by atoms with Crippen LogP contribution in [0.2, 0.25) is 10.3 Å². The zero-order valence-corrected chi connectivity index (χ0v) is 13.9. The van der Waals surface area contributed by atoms with Crippen molar-refractivity contribution in [3.8, 4) is 0 Å². The lowest BCUT2D eigenvalue weighted by Crippen LogP contribution is -2.47. The number of amides is 1. The van der Waals surface area contributed by atoms with Crippen molar-refractivity contribution in [2.24, 2.45) is 0 Å². The molecule has 21 heavy (non-hydrogen) atoms. The quantitative estimate of drug-likeness (QED) is 0.822. The maximum Gasteiger partial charge on any atom is 0.226 e. The number of hydrogen-bond donors (Lipinski definition) is 2. The van der Waals surface area contributed by atoms with Gasteiger partial charge in [0.1, 0.15) is 5.15 Å². The van der Waals surface area contributed by atoms with Crippen molar-refractivity contribution < 1.29 is 4.79 Å². The molecule has 116 valence electrons. The maximum absolute atomic E-state index is 12.4. The van der Waals surface area contributed by atoms with Gasteiger partial charge in [-0.25, -0.2) is 4.98 Å².